The largest absolute Gasteiger partial charge is 0.489 e. The van der Waals surface area contributed by atoms with Crippen LogP contribution in [0.15, 0.2) is 72.8 Å². The molecule has 4 aromatic rings. The number of pyridine rings is 1. The highest BCUT2D eigenvalue weighted by atomic mass is 19.4. The molecule has 0 atom stereocenters. The summed E-state index contributed by atoms with van der Waals surface area (Å²) in [5.41, 5.74) is 3.82. The molecule has 30 heavy (non-hydrogen) atoms. The summed E-state index contributed by atoms with van der Waals surface area (Å²) in [6, 6.07) is 20.8. The van der Waals surface area contributed by atoms with E-state index in [2.05, 4.69) is 4.98 Å². The molecule has 0 N–H and O–H groups in total. The van der Waals surface area contributed by atoms with Gasteiger partial charge < -0.3 is 4.74 Å². The predicted molar refractivity (Wildman–Crippen MR) is 112 cm³/mol. The van der Waals surface area contributed by atoms with E-state index in [0.29, 0.717) is 29.0 Å². The maximum Gasteiger partial charge on any atom is 0.418 e. The Kier molecular flexibility index (Phi) is 5.20. The van der Waals surface area contributed by atoms with Crippen LogP contribution in [-0.4, -0.2) is 4.98 Å². The van der Waals surface area contributed by atoms with Crippen LogP contribution in [0.1, 0.15) is 22.3 Å². The van der Waals surface area contributed by atoms with Crippen LogP contribution < -0.4 is 4.74 Å². The Balaban J connectivity index is 1.66. The van der Waals surface area contributed by atoms with Crippen molar-refractivity contribution < 1.29 is 17.9 Å². The molecule has 5 heteroatoms. The summed E-state index contributed by atoms with van der Waals surface area (Å²) in [6.45, 7) is 4.50. The third-order valence-corrected chi connectivity index (χ3v) is 5.18. The van der Waals surface area contributed by atoms with E-state index >= 15 is 0 Å². The third-order valence-electron chi connectivity index (χ3n) is 5.18. The minimum Gasteiger partial charge on any atom is -0.489 e. The summed E-state index contributed by atoms with van der Waals surface area (Å²) in [4.78, 5) is 4.32. The van der Waals surface area contributed by atoms with Gasteiger partial charge in [-0.25, -0.2) is 4.98 Å². The van der Waals surface area contributed by atoms with Gasteiger partial charge in [0, 0.05) is 10.9 Å². The maximum atomic E-state index is 13.4. The third kappa shape index (κ3) is 4.01. The Morgan fingerprint density at radius 2 is 1.53 bits per heavy atom. The van der Waals surface area contributed by atoms with Crippen LogP contribution in [-0.2, 0) is 12.8 Å². The van der Waals surface area contributed by atoms with E-state index in [-0.39, 0.29) is 5.52 Å². The molecule has 0 saturated heterocycles. The average molecular weight is 407 g/mol. The van der Waals surface area contributed by atoms with E-state index in [1.54, 1.807) is 24.3 Å². The first-order chi connectivity index (χ1) is 14.3. The lowest BCUT2D eigenvalue weighted by molar-refractivity contribution is -0.136. The van der Waals surface area contributed by atoms with E-state index in [4.69, 9.17) is 4.74 Å². The molecule has 0 fully saturated rings. The van der Waals surface area contributed by atoms with Gasteiger partial charge in [0.2, 0.25) is 0 Å². The summed E-state index contributed by atoms with van der Waals surface area (Å²) in [5, 5.41) is 0.455. The maximum absolute atomic E-state index is 13.4. The average Bonchev–Trinajstić information content (AvgIpc) is 2.72. The van der Waals surface area contributed by atoms with Gasteiger partial charge in [-0.2, -0.15) is 13.2 Å². The van der Waals surface area contributed by atoms with Gasteiger partial charge in [-0.1, -0.05) is 48.5 Å². The lowest BCUT2D eigenvalue weighted by atomic mass is 10.0. The number of rotatable bonds is 4. The van der Waals surface area contributed by atoms with Gasteiger partial charge in [0.1, 0.15) is 12.4 Å². The Morgan fingerprint density at radius 3 is 2.27 bits per heavy atom. The second-order valence-electron chi connectivity index (χ2n) is 7.26. The fourth-order valence-corrected chi connectivity index (χ4v) is 3.51. The van der Waals surface area contributed by atoms with E-state index in [1.165, 1.54) is 6.07 Å². The normalized spacial score (nSPS) is 11.6. The van der Waals surface area contributed by atoms with Gasteiger partial charge in [-0.15, -0.1) is 0 Å². The van der Waals surface area contributed by atoms with Crippen LogP contribution in [0.2, 0.25) is 0 Å². The van der Waals surface area contributed by atoms with Crippen LogP contribution in [0.25, 0.3) is 22.2 Å². The van der Waals surface area contributed by atoms with E-state index in [1.807, 2.05) is 50.2 Å². The summed E-state index contributed by atoms with van der Waals surface area (Å²) in [7, 11) is 0. The smallest absolute Gasteiger partial charge is 0.418 e. The SMILES string of the molecule is Cc1cccc(C)c1COc1cccc(-c2ccc3cccc(C(F)(F)F)c3n2)c1. The highest BCUT2D eigenvalue weighted by Gasteiger charge is 2.33. The number of aryl methyl sites for hydroxylation is 2. The Labute approximate surface area is 173 Å². The molecule has 0 amide bonds. The molecule has 3 aromatic carbocycles. The topological polar surface area (TPSA) is 22.1 Å². The molecular weight excluding hydrogens is 387 g/mol. The number of ether oxygens (including phenoxy) is 1. The number of hydrogen-bond acceptors (Lipinski definition) is 2. The lowest BCUT2D eigenvalue weighted by Gasteiger charge is -2.13. The zero-order chi connectivity index (χ0) is 21.3. The van der Waals surface area contributed by atoms with Crippen LogP contribution in [0.3, 0.4) is 0 Å². The van der Waals surface area contributed by atoms with Crippen molar-refractivity contribution in [2.24, 2.45) is 0 Å². The molecule has 0 unspecified atom stereocenters. The van der Waals surface area contributed by atoms with Gasteiger partial charge >= 0.3 is 6.18 Å². The summed E-state index contributed by atoms with van der Waals surface area (Å²) in [5.74, 6) is 0.640. The van der Waals surface area contributed by atoms with Crippen LogP contribution in [0.4, 0.5) is 13.2 Å². The summed E-state index contributed by atoms with van der Waals surface area (Å²) in [6.07, 6.45) is -4.46. The molecule has 0 aliphatic carbocycles. The van der Waals surface area contributed by atoms with E-state index in [0.717, 1.165) is 22.8 Å². The minimum absolute atomic E-state index is 0.0515. The molecule has 1 aromatic heterocycles. The van der Waals surface area contributed by atoms with Crippen LogP contribution >= 0.6 is 0 Å². The van der Waals surface area contributed by atoms with Gasteiger partial charge in [0.15, 0.2) is 0 Å². The molecule has 1 heterocycles. The van der Waals surface area contributed by atoms with Crippen molar-refractivity contribution in [1.82, 2.24) is 4.98 Å². The summed E-state index contributed by atoms with van der Waals surface area (Å²) >= 11 is 0. The number of benzene rings is 3. The quantitative estimate of drug-likeness (QED) is 0.359. The van der Waals surface area contributed by atoms with Gasteiger partial charge in [0.25, 0.3) is 0 Å². The molecule has 0 aliphatic heterocycles. The van der Waals surface area contributed by atoms with Crippen molar-refractivity contribution in [2.45, 2.75) is 26.6 Å². The highest BCUT2D eigenvalue weighted by molar-refractivity contribution is 5.85. The molecule has 0 radical (unpaired) electrons. The van der Waals surface area contributed by atoms with Crippen LogP contribution in [0.5, 0.6) is 5.75 Å². The molecule has 0 aliphatic rings. The monoisotopic (exact) mass is 407 g/mol. The number of hydrogen-bond donors (Lipinski definition) is 0. The first-order valence-corrected chi connectivity index (χ1v) is 9.58. The van der Waals surface area contributed by atoms with Crippen LogP contribution in [0, 0.1) is 13.8 Å². The van der Waals surface area contributed by atoms with E-state index in [9.17, 15) is 13.2 Å². The Morgan fingerprint density at radius 1 is 0.833 bits per heavy atom. The number of fused-ring (bicyclic) bond motifs is 1. The minimum atomic E-state index is -4.46. The van der Waals surface area contributed by atoms with Gasteiger partial charge in [0.05, 0.1) is 16.8 Å². The number of nitrogens with zero attached hydrogens (tertiary/aromatic N) is 1. The van der Waals surface area contributed by atoms with Crippen molar-refractivity contribution in [2.75, 3.05) is 0 Å². The van der Waals surface area contributed by atoms with Crippen molar-refractivity contribution >= 4 is 10.9 Å². The first-order valence-electron chi connectivity index (χ1n) is 9.58. The Hall–Kier alpha value is -3.34. The number of halogens is 3. The molecule has 0 bridgehead atoms. The zero-order valence-corrected chi connectivity index (χ0v) is 16.6. The number of alkyl halides is 3. The molecule has 0 spiro atoms. The summed E-state index contributed by atoms with van der Waals surface area (Å²) < 4.78 is 46.1. The van der Waals surface area contributed by atoms with E-state index < -0.39 is 11.7 Å². The molecular formula is C25H20F3NO. The first kappa shape index (κ1) is 20.0. The predicted octanol–water partition coefficient (Wildman–Crippen LogP) is 7.12. The standard InChI is InChI=1S/C25H20F3NO/c1-16-6-3-7-17(2)21(16)15-30-20-10-4-9-19(14-20)23-13-12-18-8-5-11-22(24(18)29-23)25(26,27)28/h3-14H,15H2,1-2H3. The number of para-hydroxylation sites is 1. The van der Waals surface area contributed by atoms with Crippen molar-refractivity contribution in [3.05, 3.63) is 95.1 Å². The number of aromatic nitrogens is 1. The van der Waals surface area contributed by atoms with Crippen molar-refractivity contribution in [3.8, 4) is 17.0 Å². The van der Waals surface area contributed by atoms with Gasteiger partial charge in [-0.3, -0.25) is 0 Å². The second-order valence-corrected chi connectivity index (χ2v) is 7.26. The molecule has 152 valence electrons. The fourth-order valence-electron chi connectivity index (χ4n) is 3.51. The molecule has 2 nitrogen and oxygen atoms in total. The van der Waals surface area contributed by atoms with Crippen molar-refractivity contribution in [3.63, 3.8) is 0 Å². The second kappa shape index (κ2) is 7.82. The lowest BCUT2D eigenvalue weighted by Crippen LogP contribution is -2.06. The van der Waals surface area contributed by atoms with Gasteiger partial charge in [-0.05, 0) is 54.8 Å². The zero-order valence-electron chi connectivity index (χ0n) is 16.6. The fraction of sp³-hybridized carbons (Fsp3) is 0.160. The van der Waals surface area contributed by atoms with Crippen molar-refractivity contribution in [1.29, 1.82) is 0 Å². The molecule has 4 rings (SSSR count). The highest BCUT2D eigenvalue weighted by Crippen LogP contribution is 2.35. The Bertz CT molecular complexity index is 1190. The molecule has 0 saturated carbocycles.